The average Bonchev–Trinajstić information content (AvgIpc) is 2.41. The zero-order valence-electron chi connectivity index (χ0n) is 10.5. The number of nitro groups is 1. The third-order valence-electron chi connectivity index (χ3n) is 3.07. The fraction of sp³-hybridized carbons (Fsp3) is 0.583. The Balaban J connectivity index is 1.83. The summed E-state index contributed by atoms with van der Waals surface area (Å²) in [5.74, 6) is 0.475. The standard InChI is InChI=1S/C12H16ClN3O3/c13-11-7-9(16(17)18)8-15-12(11)14-5-4-10-3-1-2-6-19-10/h7-8,10H,1-6H2,(H,14,15). The first-order valence-corrected chi connectivity index (χ1v) is 6.70. The summed E-state index contributed by atoms with van der Waals surface area (Å²) in [6.45, 7) is 1.52. The first kappa shape index (κ1) is 14.0. The minimum Gasteiger partial charge on any atom is -0.378 e. The lowest BCUT2D eigenvalue weighted by Crippen LogP contribution is -2.22. The monoisotopic (exact) mass is 285 g/mol. The molecule has 0 amide bonds. The highest BCUT2D eigenvalue weighted by molar-refractivity contribution is 6.33. The maximum Gasteiger partial charge on any atom is 0.289 e. The van der Waals surface area contributed by atoms with Crippen LogP contribution < -0.4 is 5.32 Å². The van der Waals surface area contributed by atoms with Crippen LogP contribution in [0.15, 0.2) is 12.3 Å². The van der Waals surface area contributed by atoms with Crippen LogP contribution >= 0.6 is 11.6 Å². The molecule has 1 atom stereocenters. The van der Waals surface area contributed by atoms with Gasteiger partial charge in [-0.25, -0.2) is 4.98 Å². The Labute approximate surface area is 116 Å². The van der Waals surface area contributed by atoms with Gasteiger partial charge in [0.05, 0.1) is 16.0 Å². The molecule has 104 valence electrons. The molecule has 1 unspecified atom stereocenters. The quantitative estimate of drug-likeness (QED) is 0.664. The molecule has 1 aliphatic rings. The first-order valence-electron chi connectivity index (χ1n) is 6.32. The van der Waals surface area contributed by atoms with Crippen molar-refractivity contribution in [2.45, 2.75) is 31.8 Å². The van der Waals surface area contributed by atoms with Crippen molar-refractivity contribution < 1.29 is 9.66 Å². The summed E-state index contributed by atoms with van der Waals surface area (Å²) in [6.07, 6.45) is 5.81. The van der Waals surface area contributed by atoms with E-state index in [1.165, 1.54) is 18.7 Å². The predicted molar refractivity (Wildman–Crippen MR) is 72.6 cm³/mol. The number of aromatic nitrogens is 1. The SMILES string of the molecule is O=[N+]([O-])c1cnc(NCCC2CCCCO2)c(Cl)c1. The Morgan fingerprint density at radius 3 is 3.05 bits per heavy atom. The highest BCUT2D eigenvalue weighted by atomic mass is 35.5. The summed E-state index contributed by atoms with van der Waals surface area (Å²) in [6, 6.07) is 1.30. The smallest absolute Gasteiger partial charge is 0.289 e. The number of pyridine rings is 1. The summed E-state index contributed by atoms with van der Waals surface area (Å²) >= 11 is 5.93. The molecular weight excluding hydrogens is 270 g/mol. The number of rotatable bonds is 5. The molecule has 1 fully saturated rings. The van der Waals surface area contributed by atoms with Gasteiger partial charge in [-0.1, -0.05) is 11.6 Å². The van der Waals surface area contributed by atoms with Gasteiger partial charge in [0.1, 0.15) is 12.0 Å². The van der Waals surface area contributed by atoms with Gasteiger partial charge in [0.25, 0.3) is 5.69 Å². The van der Waals surface area contributed by atoms with Gasteiger partial charge in [0.2, 0.25) is 0 Å². The Morgan fingerprint density at radius 2 is 2.42 bits per heavy atom. The summed E-state index contributed by atoms with van der Waals surface area (Å²) in [5.41, 5.74) is -0.105. The molecule has 0 radical (unpaired) electrons. The van der Waals surface area contributed by atoms with Gasteiger partial charge in [-0.15, -0.1) is 0 Å². The minimum absolute atomic E-state index is 0.105. The van der Waals surface area contributed by atoms with Gasteiger partial charge in [-0.3, -0.25) is 10.1 Å². The number of anilines is 1. The van der Waals surface area contributed by atoms with Crippen molar-refractivity contribution in [2.24, 2.45) is 0 Å². The lowest BCUT2D eigenvalue weighted by atomic mass is 10.1. The van der Waals surface area contributed by atoms with Gasteiger partial charge in [-0.05, 0) is 25.7 Å². The molecular formula is C12H16ClN3O3. The van der Waals surface area contributed by atoms with E-state index < -0.39 is 4.92 Å². The predicted octanol–water partition coefficient (Wildman–Crippen LogP) is 3.01. The molecule has 6 nitrogen and oxygen atoms in total. The molecule has 0 aromatic carbocycles. The molecule has 1 aromatic rings. The van der Waals surface area contributed by atoms with Crippen LogP contribution in [-0.4, -0.2) is 29.2 Å². The van der Waals surface area contributed by atoms with E-state index in [9.17, 15) is 10.1 Å². The Morgan fingerprint density at radius 1 is 1.58 bits per heavy atom. The fourth-order valence-corrected chi connectivity index (χ4v) is 2.27. The Hall–Kier alpha value is -1.40. The summed E-state index contributed by atoms with van der Waals surface area (Å²) in [7, 11) is 0. The zero-order chi connectivity index (χ0) is 13.7. The van der Waals surface area contributed by atoms with Crippen molar-refractivity contribution in [3.63, 3.8) is 0 Å². The van der Waals surface area contributed by atoms with Gasteiger partial charge in [0.15, 0.2) is 0 Å². The second-order valence-corrected chi connectivity index (χ2v) is 4.89. The van der Waals surface area contributed by atoms with Gasteiger partial charge in [-0.2, -0.15) is 0 Å². The third kappa shape index (κ3) is 4.04. The van der Waals surface area contributed by atoms with Crippen LogP contribution in [0, 0.1) is 10.1 Å². The van der Waals surface area contributed by atoms with Gasteiger partial charge < -0.3 is 10.1 Å². The molecule has 1 aliphatic heterocycles. The fourth-order valence-electron chi connectivity index (χ4n) is 2.04. The van der Waals surface area contributed by atoms with E-state index in [-0.39, 0.29) is 16.8 Å². The van der Waals surface area contributed by atoms with Crippen molar-refractivity contribution in [2.75, 3.05) is 18.5 Å². The van der Waals surface area contributed by atoms with Crippen molar-refractivity contribution in [1.29, 1.82) is 0 Å². The normalized spacial score (nSPS) is 19.1. The molecule has 1 N–H and O–H groups in total. The first-order chi connectivity index (χ1) is 9.16. The van der Waals surface area contributed by atoms with Gasteiger partial charge in [0, 0.05) is 19.2 Å². The van der Waals surface area contributed by atoms with Crippen LogP contribution in [0.25, 0.3) is 0 Å². The summed E-state index contributed by atoms with van der Waals surface area (Å²) < 4.78 is 5.61. The topological polar surface area (TPSA) is 77.3 Å². The lowest BCUT2D eigenvalue weighted by Gasteiger charge is -2.22. The van der Waals surface area contributed by atoms with Crippen LogP contribution in [0.3, 0.4) is 0 Å². The van der Waals surface area contributed by atoms with Crippen molar-refractivity contribution in [3.8, 4) is 0 Å². The van der Waals surface area contributed by atoms with E-state index in [1.807, 2.05) is 0 Å². The van der Waals surface area contributed by atoms with E-state index in [1.54, 1.807) is 0 Å². The molecule has 0 aliphatic carbocycles. The molecule has 2 heterocycles. The number of nitrogens with zero attached hydrogens (tertiary/aromatic N) is 2. The number of ether oxygens (including phenoxy) is 1. The highest BCUT2D eigenvalue weighted by Crippen LogP contribution is 2.24. The highest BCUT2D eigenvalue weighted by Gasteiger charge is 2.14. The Kier molecular flexibility index (Phi) is 4.93. The number of nitrogens with one attached hydrogen (secondary N) is 1. The van der Waals surface area contributed by atoms with E-state index in [2.05, 4.69) is 10.3 Å². The average molecular weight is 286 g/mol. The molecule has 2 rings (SSSR count). The largest absolute Gasteiger partial charge is 0.378 e. The number of halogens is 1. The van der Waals surface area contributed by atoms with Gasteiger partial charge >= 0.3 is 0 Å². The second-order valence-electron chi connectivity index (χ2n) is 4.49. The molecule has 0 saturated carbocycles. The second kappa shape index (κ2) is 6.68. The van der Waals surface area contributed by atoms with E-state index in [0.29, 0.717) is 12.4 Å². The summed E-state index contributed by atoms with van der Waals surface area (Å²) in [4.78, 5) is 14.0. The zero-order valence-corrected chi connectivity index (χ0v) is 11.2. The van der Waals surface area contributed by atoms with Crippen LogP contribution in [0.4, 0.5) is 11.5 Å². The minimum atomic E-state index is -0.515. The van der Waals surface area contributed by atoms with Crippen LogP contribution in [0.5, 0.6) is 0 Å². The third-order valence-corrected chi connectivity index (χ3v) is 3.36. The van der Waals surface area contributed by atoms with Crippen molar-refractivity contribution in [1.82, 2.24) is 4.98 Å². The molecule has 19 heavy (non-hydrogen) atoms. The van der Waals surface area contributed by atoms with Crippen LogP contribution in [-0.2, 0) is 4.74 Å². The maximum absolute atomic E-state index is 10.6. The van der Waals surface area contributed by atoms with Crippen LogP contribution in [0.1, 0.15) is 25.7 Å². The number of hydrogen-bond acceptors (Lipinski definition) is 5. The van der Waals surface area contributed by atoms with E-state index >= 15 is 0 Å². The van der Waals surface area contributed by atoms with E-state index in [4.69, 9.17) is 16.3 Å². The lowest BCUT2D eigenvalue weighted by molar-refractivity contribution is -0.385. The van der Waals surface area contributed by atoms with Crippen LogP contribution in [0.2, 0.25) is 5.02 Å². The van der Waals surface area contributed by atoms with Crippen molar-refractivity contribution >= 4 is 23.1 Å². The summed E-state index contributed by atoms with van der Waals surface area (Å²) in [5, 5.41) is 13.9. The van der Waals surface area contributed by atoms with E-state index in [0.717, 1.165) is 25.9 Å². The van der Waals surface area contributed by atoms with Crippen molar-refractivity contribution in [3.05, 3.63) is 27.4 Å². The molecule has 0 spiro atoms. The molecule has 1 saturated heterocycles. The maximum atomic E-state index is 10.6. The molecule has 7 heteroatoms. The number of hydrogen-bond donors (Lipinski definition) is 1. The molecule has 0 bridgehead atoms. The molecule has 1 aromatic heterocycles. The Bertz CT molecular complexity index is 450.